The third-order valence-electron chi connectivity index (χ3n) is 3.12. The summed E-state index contributed by atoms with van der Waals surface area (Å²) < 4.78 is 15.4. The predicted octanol–water partition coefficient (Wildman–Crippen LogP) is 3.43. The number of hydrogen-bond acceptors (Lipinski definition) is 4. The van der Waals surface area contributed by atoms with Crippen molar-refractivity contribution < 1.29 is 9.31 Å². The van der Waals surface area contributed by atoms with Crippen molar-refractivity contribution in [3.05, 3.63) is 57.4 Å². The quantitative estimate of drug-likeness (QED) is 0.413. The number of aryl methyl sites for hydroxylation is 1. The zero-order chi connectivity index (χ0) is 15.1. The Kier molecular flexibility index (Phi) is 3.06. The van der Waals surface area contributed by atoms with Gasteiger partial charge in [-0.2, -0.15) is 4.98 Å². The van der Waals surface area contributed by atoms with Gasteiger partial charge in [-0.3, -0.25) is 14.7 Å². The second-order valence-electron chi connectivity index (χ2n) is 4.45. The van der Waals surface area contributed by atoms with E-state index in [1.54, 1.807) is 19.2 Å². The molecule has 3 aromatic rings. The number of halogens is 2. The Morgan fingerprint density at radius 3 is 2.90 bits per heavy atom. The summed E-state index contributed by atoms with van der Waals surface area (Å²) >= 11 is 5.70. The molecule has 3 rings (SSSR count). The summed E-state index contributed by atoms with van der Waals surface area (Å²) in [5.41, 5.74) is 1.35. The Hall–Kier alpha value is -2.54. The number of aromatic nitrogens is 3. The first-order valence-electron chi connectivity index (χ1n) is 5.92. The maximum absolute atomic E-state index is 13.9. The molecule has 2 heterocycles. The van der Waals surface area contributed by atoms with Gasteiger partial charge in [0.2, 0.25) is 5.28 Å². The highest BCUT2D eigenvalue weighted by Gasteiger charge is 2.16. The van der Waals surface area contributed by atoms with E-state index in [0.29, 0.717) is 10.9 Å². The fourth-order valence-electron chi connectivity index (χ4n) is 2.18. The van der Waals surface area contributed by atoms with Crippen LogP contribution in [0.5, 0.6) is 0 Å². The molecule has 0 fully saturated rings. The van der Waals surface area contributed by atoms with Gasteiger partial charge in [0.05, 0.1) is 16.6 Å². The molecule has 0 amide bonds. The summed E-state index contributed by atoms with van der Waals surface area (Å²) in [6, 6.07) is 4.36. The maximum atomic E-state index is 13.9. The van der Waals surface area contributed by atoms with E-state index in [2.05, 4.69) is 9.97 Å². The lowest BCUT2D eigenvalue weighted by atomic mass is 10.2. The molecular formula is C13H8ClFN4O2. The third-order valence-corrected chi connectivity index (χ3v) is 3.30. The zero-order valence-electron chi connectivity index (χ0n) is 10.7. The zero-order valence-corrected chi connectivity index (χ0v) is 11.5. The van der Waals surface area contributed by atoms with Crippen LogP contribution >= 0.6 is 11.6 Å². The van der Waals surface area contributed by atoms with Crippen LogP contribution in [0.25, 0.3) is 16.7 Å². The highest BCUT2D eigenvalue weighted by atomic mass is 35.5. The van der Waals surface area contributed by atoms with Gasteiger partial charge in [-0.15, -0.1) is 0 Å². The lowest BCUT2D eigenvalue weighted by molar-refractivity contribution is -0.384. The molecule has 0 unspecified atom stereocenters. The molecule has 0 aliphatic heterocycles. The Balaban J connectivity index is 2.29. The van der Waals surface area contributed by atoms with Crippen molar-refractivity contribution in [2.24, 2.45) is 0 Å². The minimum absolute atomic E-state index is 0.00181. The van der Waals surface area contributed by atoms with E-state index < -0.39 is 10.7 Å². The highest BCUT2D eigenvalue weighted by molar-refractivity contribution is 6.28. The summed E-state index contributed by atoms with van der Waals surface area (Å²) in [7, 11) is 0. The van der Waals surface area contributed by atoms with Crippen LogP contribution in [0, 0.1) is 22.9 Å². The smallest absolute Gasteiger partial charge is 0.270 e. The first-order chi connectivity index (χ1) is 9.97. The van der Waals surface area contributed by atoms with E-state index in [0.717, 1.165) is 11.8 Å². The van der Waals surface area contributed by atoms with Crippen LogP contribution in [-0.2, 0) is 0 Å². The van der Waals surface area contributed by atoms with Crippen LogP contribution in [0.1, 0.15) is 5.56 Å². The van der Waals surface area contributed by atoms with Crippen LogP contribution in [0.2, 0.25) is 5.28 Å². The van der Waals surface area contributed by atoms with E-state index >= 15 is 0 Å². The second kappa shape index (κ2) is 4.78. The number of benzene rings is 1. The molecule has 0 atom stereocenters. The molecule has 0 saturated carbocycles. The molecule has 1 aromatic carbocycles. The minimum atomic E-state index is -0.630. The summed E-state index contributed by atoms with van der Waals surface area (Å²) in [5.74, 6) is -0.628. The average Bonchev–Trinajstić information content (AvgIpc) is 2.78. The van der Waals surface area contributed by atoms with E-state index in [-0.39, 0.29) is 16.8 Å². The normalized spacial score (nSPS) is 11.0. The molecule has 0 aliphatic carbocycles. The van der Waals surface area contributed by atoms with Crippen LogP contribution in [0.15, 0.2) is 30.6 Å². The Morgan fingerprint density at radius 2 is 2.19 bits per heavy atom. The Morgan fingerprint density at radius 1 is 1.43 bits per heavy atom. The molecular weight excluding hydrogens is 299 g/mol. The van der Waals surface area contributed by atoms with E-state index in [9.17, 15) is 14.5 Å². The number of nitro benzene ring substituents is 1. The Labute approximate surface area is 123 Å². The summed E-state index contributed by atoms with van der Waals surface area (Å²) in [6.45, 7) is 1.78. The molecule has 0 saturated heterocycles. The average molecular weight is 307 g/mol. The molecule has 0 N–H and O–H groups in total. The van der Waals surface area contributed by atoms with Gasteiger partial charge in [0, 0.05) is 23.7 Å². The van der Waals surface area contributed by atoms with Crippen molar-refractivity contribution in [2.75, 3.05) is 0 Å². The van der Waals surface area contributed by atoms with Gasteiger partial charge >= 0.3 is 0 Å². The molecule has 2 aromatic heterocycles. The standard InChI is InChI=1S/C13H8ClFN4O2/c1-7-6-18(12-10(15)5-16-13(14)17-12)11-3-2-8(19(20)21)4-9(7)11/h2-6H,1H3. The first kappa shape index (κ1) is 13.4. The molecule has 21 heavy (non-hydrogen) atoms. The third kappa shape index (κ3) is 2.21. The summed E-state index contributed by atoms with van der Waals surface area (Å²) in [6.07, 6.45) is 2.63. The summed E-state index contributed by atoms with van der Waals surface area (Å²) in [4.78, 5) is 17.8. The molecule has 6 nitrogen and oxygen atoms in total. The van der Waals surface area contributed by atoms with Crippen LogP contribution in [0.4, 0.5) is 10.1 Å². The van der Waals surface area contributed by atoms with Crippen molar-refractivity contribution in [1.29, 1.82) is 0 Å². The highest BCUT2D eigenvalue weighted by Crippen LogP contribution is 2.28. The first-order valence-corrected chi connectivity index (χ1v) is 6.29. The lowest BCUT2D eigenvalue weighted by Gasteiger charge is -2.05. The SMILES string of the molecule is Cc1cn(-c2nc(Cl)ncc2F)c2ccc([N+](=O)[O-])cc12. The number of fused-ring (bicyclic) bond motifs is 1. The van der Waals surface area contributed by atoms with Crippen molar-refractivity contribution in [1.82, 2.24) is 14.5 Å². The molecule has 8 heteroatoms. The van der Waals surface area contributed by atoms with Crippen molar-refractivity contribution in [3.8, 4) is 5.82 Å². The van der Waals surface area contributed by atoms with E-state index in [4.69, 9.17) is 11.6 Å². The number of nitrogens with zero attached hydrogens (tertiary/aromatic N) is 4. The number of hydrogen-bond donors (Lipinski definition) is 0. The fraction of sp³-hybridized carbons (Fsp3) is 0.0769. The van der Waals surface area contributed by atoms with Crippen LogP contribution in [-0.4, -0.2) is 19.5 Å². The minimum Gasteiger partial charge on any atom is -0.298 e. The number of rotatable bonds is 2. The van der Waals surface area contributed by atoms with Gasteiger partial charge in [0.25, 0.3) is 5.69 Å². The van der Waals surface area contributed by atoms with Gasteiger partial charge in [-0.1, -0.05) is 0 Å². The van der Waals surface area contributed by atoms with Crippen molar-refractivity contribution >= 4 is 28.2 Å². The van der Waals surface area contributed by atoms with Gasteiger partial charge in [-0.25, -0.2) is 9.37 Å². The fourth-order valence-corrected chi connectivity index (χ4v) is 2.31. The van der Waals surface area contributed by atoms with Crippen molar-refractivity contribution in [3.63, 3.8) is 0 Å². The predicted molar refractivity (Wildman–Crippen MR) is 75.2 cm³/mol. The largest absolute Gasteiger partial charge is 0.298 e. The van der Waals surface area contributed by atoms with Gasteiger partial charge in [0.15, 0.2) is 11.6 Å². The van der Waals surface area contributed by atoms with Gasteiger partial charge in [-0.05, 0) is 30.2 Å². The van der Waals surface area contributed by atoms with E-state index in [1.807, 2.05) is 0 Å². The number of nitro groups is 1. The lowest BCUT2D eigenvalue weighted by Crippen LogP contribution is -2.01. The van der Waals surface area contributed by atoms with E-state index in [1.165, 1.54) is 16.7 Å². The van der Waals surface area contributed by atoms with Crippen LogP contribution in [0.3, 0.4) is 0 Å². The molecule has 0 radical (unpaired) electrons. The van der Waals surface area contributed by atoms with Crippen molar-refractivity contribution in [2.45, 2.75) is 6.92 Å². The molecule has 0 spiro atoms. The molecule has 106 valence electrons. The Bertz CT molecular complexity index is 878. The summed E-state index contributed by atoms with van der Waals surface area (Å²) in [5, 5.41) is 11.4. The monoisotopic (exact) mass is 306 g/mol. The van der Waals surface area contributed by atoms with Crippen LogP contribution < -0.4 is 0 Å². The molecule has 0 aliphatic rings. The second-order valence-corrected chi connectivity index (χ2v) is 4.79. The van der Waals surface area contributed by atoms with Gasteiger partial charge < -0.3 is 0 Å². The molecule has 0 bridgehead atoms. The van der Waals surface area contributed by atoms with Gasteiger partial charge in [0.1, 0.15) is 0 Å². The topological polar surface area (TPSA) is 73.8 Å². The number of non-ortho nitro benzene ring substituents is 1. The maximum Gasteiger partial charge on any atom is 0.270 e.